The molecule has 132 valence electrons. The normalized spacial score (nSPS) is 16.8. The highest BCUT2D eigenvalue weighted by Gasteiger charge is 2.25. The van der Waals surface area contributed by atoms with Gasteiger partial charge >= 0.3 is 0 Å². The van der Waals surface area contributed by atoms with E-state index in [1.54, 1.807) is 0 Å². The van der Waals surface area contributed by atoms with Gasteiger partial charge in [0.15, 0.2) is 0 Å². The third kappa shape index (κ3) is 4.09. The molecule has 0 aliphatic carbocycles. The number of aryl methyl sites for hydroxylation is 1. The van der Waals surface area contributed by atoms with Gasteiger partial charge in [-0.2, -0.15) is 0 Å². The molecule has 4 nitrogen and oxygen atoms in total. The van der Waals surface area contributed by atoms with Gasteiger partial charge in [0, 0.05) is 19.6 Å². The summed E-state index contributed by atoms with van der Waals surface area (Å²) in [6.45, 7) is 5.81. The molecule has 1 aliphatic rings. The molecular formula is C21H26N2O2. The molecule has 0 radical (unpaired) electrons. The van der Waals surface area contributed by atoms with E-state index in [1.807, 2.05) is 44.2 Å². The molecule has 0 bridgehead atoms. The minimum Gasteiger partial charge on any atom is -0.387 e. The second kappa shape index (κ2) is 7.81. The van der Waals surface area contributed by atoms with Crippen molar-refractivity contribution >= 4 is 5.91 Å². The summed E-state index contributed by atoms with van der Waals surface area (Å²) in [4.78, 5) is 14.7. The van der Waals surface area contributed by atoms with Gasteiger partial charge in [-0.25, -0.2) is 0 Å². The van der Waals surface area contributed by atoms with Crippen molar-refractivity contribution in [3.05, 3.63) is 70.8 Å². The molecule has 0 aromatic heterocycles. The Balaban J connectivity index is 1.56. The van der Waals surface area contributed by atoms with Crippen LogP contribution in [0.5, 0.6) is 0 Å². The summed E-state index contributed by atoms with van der Waals surface area (Å²) in [5, 5.41) is 13.2. The molecule has 1 aliphatic heterocycles. The number of aliphatic hydroxyl groups is 1. The first-order chi connectivity index (χ1) is 12.1. The molecule has 0 saturated heterocycles. The number of aliphatic hydroxyl groups excluding tert-OH is 1. The van der Waals surface area contributed by atoms with Crippen molar-refractivity contribution in [3.63, 3.8) is 0 Å². The number of nitrogens with zero attached hydrogens (tertiary/aromatic N) is 1. The zero-order chi connectivity index (χ0) is 17.8. The lowest BCUT2D eigenvalue weighted by molar-refractivity contribution is -0.126. The SMILES string of the molecule is Cc1ccccc1C(O)CNC(=O)C(C)N1CCc2ccccc2C1. The Morgan fingerprint density at radius 3 is 2.60 bits per heavy atom. The molecule has 2 atom stereocenters. The molecule has 4 heteroatoms. The van der Waals surface area contributed by atoms with Gasteiger partial charge in [0.1, 0.15) is 0 Å². The van der Waals surface area contributed by atoms with Crippen LogP contribution in [0.15, 0.2) is 48.5 Å². The summed E-state index contributed by atoms with van der Waals surface area (Å²) >= 11 is 0. The van der Waals surface area contributed by atoms with Crippen molar-refractivity contribution in [1.82, 2.24) is 10.2 Å². The first-order valence-electron chi connectivity index (χ1n) is 8.88. The van der Waals surface area contributed by atoms with E-state index >= 15 is 0 Å². The molecule has 1 heterocycles. The summed E-state index contributed by atoms with van der Waals surface area (Å²) < 4.78 is 0. The zero-order valence-electron chi connectivity index (χ0n) is 14.9. The Morgan fingerprint density at radius 2 is 1.84 bits per heavy atom. The summed E-state index contributed by atoms with van der Waals surface area (Å²) in [6.07, 6.45) is 0.291. The third-order valence-corrected chi connectivity index (χ3v) is 5.10. The molecule has 3 rings (SSSR count). The predicted molar refractivity (Wildman–Crippen MR) is 99.2 cm³/mol. The second-order valence-electron chi connectivity index (χ2n) is 6.78. The van der Waals surface area contributed by atoms with Gasteiger partial charge in [-0.05, 0) is 42.5 Å². The lowest BCUT2D eigenvalue weighted by Gasteiger charge is -2.33. The highest BCUT2D eigenvalue weighted by Crippen LogP contribution is 2.20. The standard InChI is InChI=1S/C21H26N2O2/c1-15-7-3-6-10-19(15)20(24)13-22-21(25)16(2)23-12-11-17-8-4-5-9-18(17)14-23/h3-10,16,20,24H,11-14H2,1-2H3,(H,22,25). The van der Waals surface area contributed by atoms with Gasteiger partial charge < -0.3 is 10.4 Å². The molecule has 2 N–H and O–H groups in total. The lowest BCUT2D eigenvalue weighted by Crippen LogP contribution is -2.47. The minimum absolute atomic E-state index is 0.0352. The van der Waals surface area contributed by atoms with E-state index in [9.17, 15) is 9.90 Å². The number of hydrogen-bond acceptors (Lipinski definition) is 3. The second-order valence-corrected chi connectivity index (χ2v) is 6.78. The first kappa shape index (κ1) is 17.6. The van der Waals surface area contributed by atoms with E-state index in [-0.39, 0.29) is 18.5 Å². The maximum atomic E-state index is 12.5. The quantitative estimate of drug-likeness (QED) is 0.881. The van der Waals surface area contributed by atoms with Crippen LogP contribution in [0.1, 0.15) is 35.3 Å². The molecular weight excluding hydrogens is 312 g/mol. The maximum Gasteiger partial charge on any atom is 0.237 e. The number of fused-ring (bicyclic) bond motifs is 1. The fourth-order valence-electron chi connectivity index (χ4n) is 3.43. The zero-order valence-corrected chi connectivity index (χ0v) is 14.9. The first-order valence-corrected chi connectivity index (χ1v) is 8.88. The Hall–Kier alpha value is -2.17. The van der Waals surface area contributed by atoms with E-state index in [0.717, 1.165) is 30.6 Å². The van der Waals surface area contributed by atoms with Crippen LogP contribution < -0.4 is 5.32 Å². The Morgan fingerprint density at radius 1 is 1.16 bits per heavy atom. The Kier molecular flexibility index (Phi) is 5.51. The van der Waals surface area contributed by atoms with Crippen LogP contribution in [0.2, 0.25) is 0 Å². The number of nitrogens with one attached hydrogen (secondary N) is 1. The van der Waals surface area contributed by atoms with Crippen LogP contribution in [0, 0.1) is 6.92 Å². The molecule has 2 aromatic rings. The smallest absolute Gasteiger partial charge is 0.237 e. The molecule has 2 unspecified atom stereocenters. The topological polar surface area (TPSA) is 52.6 Å². The van der Waals surface area contributed by atoms with Crippen LogP contribution in [-0.2, 0) is 17.8 Å². The van der Waals surface area contributed by atoms with Gasteiger partial charge in [-0.15, -0.1) is 0 Å². The van der Waals surface area contributed by atoms with Crippen molar-refractivity contribution < 1.29 is 9.90 Å². The number of rotatable bonds is 5. The summed E-state index contributed by atoms with van der Waals surface area (Å²) in [5.41, 5.74) is 4.57. The van der Waals surface area contributed by atoms with Crippen LogP contribution in [0.4, 0.5) is 0 Å². The van der Waals surface area contributed by atoms with Gasteiger partial charge in [0.05, 0.1) is 12.1 Å². The fraction of sp³-hybridized carbons (Fsp3) is 0.381. The monoisotopic (exact) mass is 338 g/mol. The number of hydrogen-bond donors (Lipinski definition) is 2. The van der Waals surface area contributed by atoms with Gasteiger partial charge in [-0.3, -0.25) is 9.69 Å². The number of amides is 1. The van der Waals surface area contributed by atoms with Gasteiger partial charge in [0.2, 0.25) is 5.91 Å². The van der Waals surface area contributed by atoms with Crippen molar-refractivity contribution in [2.75, 3.05) is 13.1 Å². The van der Waals surface area contributed by atoms with E-state index in [0.29, 0.717) is 0 Å². The van der Waals surface area contributed by atoms with Crippen molar-refractivity contribution in [1.29, 1.82) is 0 Å². The highest BCUT2D eigenvalue weighted by molar-refractivity contribution is 5.81. The van der Waals surface area contributed by atoms with Crippen molar-refractivity contribution in [3.8, 4) is 0 Å². The van der Waals surface area contributed by atoms with Crippen molar-refractivity contribution in [2.24, 2.45) is 0 Å². The summed E-state index contributed by atoms with van der Waals surface area (Å²) in [5.74, 6) is -0.0352. The van der Waals surface area contributed by atoms with Crippen LogP contribution in [0.25, 0.3) is 0 Å². The molecule has 0 fully saturated rings. The maximum absolute atomic E-state index is 12.5. The molecule has 2 aromatic carbocycles. The Bertz CT molecular complexity index is 744. The fourth-order valence-corrected chi connectivity index (χ4v) is 3.43. The largest absolute Gasteiger partial charge is 0.387 e. The van der Waals surface area contributed by atoms with E-state index in [1.165, 1.54) is 11.1 Å². The molecule has 0 saturated carbocycles. The summed E-state index contributed by atoms with van der Waals surface area (Å²) in [6, 6.07) is 15.9. The molecule has 1 amide bonds. The highest BCUT2D eigenvalue weighted by atomic mass is 16.3. The van der Waals surface area contributed by atoms with Crippen LogP contribution >= 0.6 is 0 Å². The predicted octanol–water partition coefficient (Wildman–Crippen LogP) is 2.59. The van der Waals surface area contributed by atoms with E-state index in [4.69, 9.17) is 0 Å². The third-order valence-electron chi connectivity index (χ3n) is 5.10. The van der Waals surface area contributed by atoms with E-state index < -0.39 is 6.10 Å². The number of benzene rings is 2. The van der Waals surface area contributed by atoms with E-state index in [2.05, 4.69) is 28.4 Å². The van der Waals surface area contributed by atoms with Gasteiger partial charge in [0.25, 0.3) is 0 Å². The number of carbonyl (C=O) groups is 1. The average Bonchev–Trinajstić information content (AvgIpc) is 2.65. The average molecular weight is 338 g/mol. The molecule has 0 spiro atoms. The van der Waals surface area contributed by atoms with Crippen LogP contribution in [-0.4, -0.2) is 35.0 Å². The van der Waals surface area contributed by atoms with Crippen molar-refractivity contribution in [2.45, 2.75) is 39.0 Å². The minimum atomic E-state index is -0.681. The number of carbonyl (C=O) groups excluding carboxylic acids is 1. The molecule has 25 heavy (non-hydrogen) atoms. The van der Waals surface area contributed by atoms with Gasteiger partial charge in [-0.1, -0.05) is 48.5 Å². The Labute approximate surface area is 149 Å². The van der Waals surface area contributed by atoms with Crippen LogP contribution in [0.3, 0.4) is 0 Å². The lowest BCUT2D eigenvalue weighted by atomic mass is 9.98. The summed E-state index contributed by atoms with van der Waals surface area (Å²) in [7, 11) is 0.